The Labute approximate surface area is 103 Å². The van der Waals surface area contributed by atoms with E-state index in [4.69, 9.17) is 20.8 Å². The smallest absolute Gasteiger partial charge is 0.196 e. The molecule has 90 valence electrons. The molecule has 0 spiro atoms. The number of halogens is 2. The second-order valence-electron chi connectivity index (χ2n) is 3.40. The molecule has 0 fully saturated rings. The predicted molar refractivity (Wildman–Crippen MR) is 62.9 cm³/mol. The minimum absolute atomic E-state index is 0.360. The van der Waals surface area contributed by atoms with Crippen molar-refractivity contribution in [1.82, 2.24) is 4.98 Å². The Kier molecular flexibility index (Phi) is 3.64. The first-order chi connectivity index (χ1) is 8.24. The number of alkyl halides is 1. The zero-order chi connectivity index (χ0) is 12.3. The van der Waals surface area contributed by atoms with Crippen LogP contribution in [-0.2, 0) is 6.42 Å². The fourth-order valence-electron chi connectivity index (χ4n) is 1.45. The number of aryl methyl sites for hydroxylation is 1. The van der Waals surface area contributed by atoms with Gasteiger partial charge in [-0.1, -0.05) is 0 Å². The fraction of sp³-hybridized carbons (Fsp3) is 0.250. The van der Waals surface area contributed by atoms with Crippen LogP contribution in [0.2, 0.25) is 0 Å². The van der Waals surface area contributed by atoms with Gasteiger partial charge in [0.2, 0.25) is 0 Å². The topological polar surface area (TPSA) is 35.3 Å². The van der Waals surface area contributed by atoms with Gasteiger partial charge >= 0.3 is 0 Å². The van der Waals surface area contributed by atoms with Crippen LogP contribution in [0.4, 0.5) is 4.39 Å². The molecule has 0 aliphatic heterocycles. The van der Waals surface area contributed by atoms with Crippen LogP contribution in [0.1, 0.15) is 5.89 Å². The van der Waals surface area contributed by atoms with Gasteiger partial charge in [0, 0.05) is 18.4 Å². The molecule has 2 rings (SSSR count). The molecule has 2 aromatic rings. The molecule has 1 aromatic heterocycles. The zero-order valence-corrected chi connectivity index (χ0v) is 10.00. The minimum atomic E-state index is -0.405. The van der Waals surface area contributed by atoms with Crippen molar-refractivity contribution in [2.75, 3.05) is 13.0 Å². The van der Waals surface area contributed by atoms with Gasteiger partial charge < -0.3 is 9.15 Å². The highest BCUT2D eigenvalue weighted by Gasteiger charge is 2.11. The highest BCUT2D eigenvalue weighted by Crippen LogP contribution is 2.26. The molecule has 0 saturated carbocycles. The summed E-state index contributed by atoms with van der Waals surface area (Å²) in [6.07, 6.45) is 2.02. The number of nitrogens with zero attached hydrogens (tertiary/aromatic N) is 1. The number of benzene rings is 1. The summed E-state index contributed by atoms with van der Waals surface area (Å²) in [6.45, 7) is 0. The normalized spacial score (nSPS) is 10.5. The molecule has 0 amide bonds. The van der Waals surface area contributed by atoms with Crippen molar-refractivity contribution in [3.05, 3.63) is 36.1 Å². The number of hydrogen-bond donors (Lipinski definition) is 0. The molecule has 1 heterocycles. The van der Waals surface area contributed by atoms with Crippen LogP contribution >= 0.6 is 11.6 Å². The summed E-state index contributed by atoms with van der Waals surface area (Å²) in [7, 11) is 1.49. The maximum absolute atomic E-state index is 13.7. The molecule has 17 heavy (non-hydrogen) atoms. The average molecular weight is 256 g/mol. The number of hydrogen-bond acceptors (Lipinski definition) is 3. The highest BCUT2D eigenvalue weighted by molar-refractivity contribution is 6.17. The van der Waals surface area contributed by atoms with Gasteiger partial charge in [-0.25, -0.2) is 9.37 Å². The largest absolute Gasteiger partial charge is 0.497 e. The molecule has 0 N–H and O–H groups in total. The monoisotopic (exact) mass is 255 g/mol. The van der Waals surface area contributed by atoms with Crippen LogP contribution in [-0.4, -0.2) is 18.0 Å². The highest BCUT2D eigenvalue weighted by atomic mass is 35.5. The quantitative estimate of drug-likeness (QED) is 0.787. The number of oxazole rings is 1. The van der Waals surface area contributed by atoms with E-state index < -0.39 is 5.82 Å². The van der Waals surface area contributed by atoms with E-state index in [1.165, 1.54) is 19.4 Å². The summed E-state index contributed by atoms with van der Waals surface area (Å²) in [5, 5.41) is 0. The molecule has 1 aromatic carbocycles. The molecule has 0 aliphatic carbocycles. The van der Waals surface area contributed by atoms with Gasteiger partial charge in [0.05, 0.1) is 18.9 Å². The van der Waals surface area contributed by atoms with Crippen LogP contribution in [0, 0.1) is 5.82 Å². The van der Waals surface area contributed by atoms with Crippen LogP contribution in [0.15, 0.2) is 28.8 Å². The molecule has 0 aliphatic rings. The van der Waals surface area contributed by atoms with Crippen molar-refractivity contribution in [2.45, 2.75) is 6.42 Å². The van der Waals surface area contributed by atoms with Gasteiger partial charge in [-0.3, -0.25) is 0 Å². The van der Waals surface area contributed by atoms with Crippen LogP contribution < -0.4 is 4.74 Å². The molecule has 0 bridgehead atoms. The molecule has 3 nitrogen and oxygen atoms in total. The molecule has 5 heteroatoms. The summed E-state index contributed by atoms with van der Waals surface area (Å²) >= 11 is 5.57. The lowest BCUT2D eigenvalue weighted by Crippen LogP contribution is -1.87. The summed E-state index contributed by atoms with van der Waals surface area (Å²) in [5.74, 6) is 1.38. The van der Waals surface area contributed by atoms with E-state index in [-0.39, 0.29) is 0 Å². The Balaban J connectivity index is 2.32. The van der Waals surface area contributed by atoms with Gasteiger partial charge in [-0.2, -0.15) is 0 Å². The second-order valence-corrected chi connectivity index (χ2v) is 3.78. The minimum Gasteiger partial charge on any atom is -0.497 e. The van der Waals surface area contributed by atoms with E-state index in [1.807, 2.05) is 0 Å². The Hall–Kier alpha value is -1.55. The first kappa shape index (κ1) is 11.9. The van der Waals surface area contributed by atoms with Gasteiger partial charge in [-0.05, 0) is 12.1 Å². The fourth-order valence-corrected chi connectivity index (χ4v) is 1.62. The van der Waals surface area contributed by atoms with Gasteiger partial charge in [0.15, 0.2) is 11.7 Å². The van der Waals surface area contributed by atoms with Crippen LogP contribution in [0.3, 0.4) is 0 Å². The van der Waals surface area contributed by atoms with E-state index in [2.05, 4.69) is 4.98 Å². The van der Waals surface area contributed by atoms with Crippen molar-refractivity contribution in [3.63, 3.8) is 0 Å². The average Bonchev–Trinajstić information content (AvgIpc) is 2.78. The first-order valence-corrected chi connectivity index (χ1v) is 5.62. The standard InChI is InChI=1S/C12H11ClFNO2/c1-16-8-2-3-9(10(14)6-8)11-7-15-12(17-11)4-5-13/h2-3,6-7H,4-5H2,1H3. The van der Waals surface area contributed by atoms with Gasteiger partial charge in [-0.15, -0.1) is 11.6 Å². The van der Waals surface area contributed by atoms with Crippen molar-refractivity contribution < 1.29 is 13.5 Å². The predicted octanol–water partition coefficient (Wildman–Crippen LogP) is 3.27. The summed E-state index contributed by atoms with van der Waals surface area (Å²) < 4.78 is 24.0. The SMILES string of the molecule is COc1ccc(-c2cnc(CCCl)o2)c(F)c1. The Morgan fingerprint density at radius 3 is 2.94 bits per heavy atom. The molecular formula is C12H11ClFNO2. The van der Waals surface area contributed by atoms with Crippen molar-refractivity contribution in [1.29, 1.82) is 0 Å². The Morgan fingerprint density at radius 2 is 2.29 bits per heavy atom. The summed E-state index contributed by atoms with van der Waals surface area (Å²) in [5.41, 5.74) is 0.360. The maximum Gasteiger partial charge on any atom is 0.196 e. The van der Waals surface area contributed by atoms with Crippen molar-refractivity contribution in [2.24, 2.45) is 0 Å². The third-order valence-corrected chi connectivity index (χ3v) is 2.49. The zero-order valence-electron chi connectivity index (χ0n) is 9.24. The van der Waals surface area contributed by atoms with Crippen LogP contribution in [0.5, 0.6) is 5.75 Å². The number of ether oxygens (including phenoxy) is 1. The van der Waals surface area contributed by atoms with Gasteiger partial charge in [0.25, 0.3) is 0 Å². The first-order valence-electron chi connectivity index (χ1n) is 5.09. The molecular weight excluding hydrogens is 245 g/mol. The molecule has 0 saturated heterocycles. The molecule has 0 radical (unpaired) electrons. The molecule has 0 unspecified atom stereocenters. The number of methoxy groups -OCH3 is 1. The van der Waals surface area contributed by atoms with E-state index in [1.54, 1.807) is 12.1 Å². The number of aromatic nitrogens is 1. The van der Waals surface area contributed by atoms with Crippen molar-refractivity contribution in [3.8, 4) is 17.1 Å². The molecule has 0 atom stereocenters. The van der Waals surface area contributed by atoms with E-state index in [0.29, 0.717) is 35.3 Å². The third kappa shape index (κ3) is 2.58. The van der Waals surface area contributed by atoms with E-state index >= 15 is 0 Å². The lowest BCUT2D eigenvalue weighted by atomic mass is 10.1. The summed E-state index contributed by atoms with van der Waals surface area (Å²) in [4.78, 5) is 4.02. The van der Waals surface area contributed by atoms with E-state index in [0.717, 1.165) is 0 Å². The maximum atomic E-state index is 13.7. The van der Waals surface area contributed by atoms with Gasteiger partial charge in [0.1, 0.15) is 11.6 Å². The Morgan fingerprint density at radius 1 is 1.47 bits per heavy atom. The van der Waals surface area contributed by atoms with Crippen molar-refractivity contribution >= 4 is 11.6 Å². The van der Waals surface area contributed by atoms with Crippen LogP contribution in [0.25, 0.3) is 11.3 Å². The lowest BCUT2D eigenvalue weighted by molar-refractivity contribution is 0.411. The van der Waals surface area contributed by atoms with E-state index in [9.17, 15) is 4.39 Å². The second kappa shape index (κ2) is 5.19. The number of rotatable bonds is 4. The third-order valence-electron chi connectivity index (χ3n) is 2.30. The Bertz CT molecular complexity index is 513. The summed E-state index contributed by atoms with van der Waals surface area (Å²) in [6, 6.07) is 4.57. The lowest BCUT2D eigenvalue weighted by Gasteiger charge is -2.02.